The normalized spacial score (nSPS) is 20.5. The Kier molecular flexibility index (Phi) is 4.59. The summed E-state index contributed by atoms with van der Waals surface area (Å²) in [6.45, 7) is 4.64. The first-order valence-corrected chi connectivity index (χ1v) is 7.63. The van der Waals surface area contributed by atoms with Gasteiger partial charge < -0.3 is 15.3 Å². The summed E-state index contributed by atoms with van der Waals surface area (Å²) in [6.07, 6.45) is 3.23. The maximum atomic E-state index is 12.2. The minimum atomic E-state index is -1.05. The summed E-state index contributed by atoms with van der Waals surface area (Å²) in [4.78, 5) is 28.9. The Bertz CT molecular complexity index is 503. The fourth-order valence-electron chi connectivity index (χ4n) is 2.31. The van der Waals surface area contributed by atoms with Crippen LogP contribution in [0.5, 0.6) is 0 Å². The van der Waals surface area contributed by atoms with Crippen molar-refractivity contribution in [2.45, 2.75) is 45.2 Å². The highest BCUT2D eigenvalue weighted by Crippen LogP contribution is 2.20. The molecular weight excluding hydrogens is 278 g/mol. The number of aromatic nitrogens is 1. The van der Waals surface area contributed by atoms with Crippen LogP contribution in [0.2, 0.25) is 0 Å². The molecule has 2 atom stereocenters. The van der Waals surface area contributed by atoms with Gasteiger partial charge in [0.05, 0.1) is 6.04 Å². The van der Waals surface area contributed by atoms with Crippen LogP contribution in [0.4, 0.5) is 4.79 Å². The second-order valence-corrected chi connectivity index (χ2v) is 5.98. The van der Waals surface area contributed by atoms with Gasteiger partial charge in [0.2, 0.25) is 0 Å². The van der Waals surface area contributed by atoms with Crippen molar-refractivity contribution in [3.8, 4) is 0 Å². The van der Waals surface area contributed by atoms with Gasteiger partial charge in [0, 0.05) is 18.0 Å². The van der Waals surface area contributed by atoms with Gasteiger partial charge in [-0.25, -0.2) is 14.6 Å². The lowest BCUT2D eigenvalue weighted by molar-refractivity contribution is 0.0691. The van der Waals surface area contributed by atoms with Crippen molar-refractivity contribution in [1.82, 2.24) is 15.2 Å². The quantitative estimate of drug-likeness (QED) is 0.898. The largest absolute Gasteiger partial charge is 0.476 e. The van der Waals surface area contributed by atoms with Crippen molar-refractivity contribution in [2.24, 2.45) is 0 Å². The highest BCUT2D eigenvalue weighted by Gasteiger charge is 2.25. The molecule has 0 radical (unpaired) electrons. The predicted octanol–water partition coefficient (Wildman–Crippen LogP) is 2.49. The summed E-state index contributed by atoms with van der Waals surface area (Å²) in [5.41, 5.74) is 0.0254. The summed E-state index contributed by atoms with van der Waals surface area (Å²) < 4.78 is 0. The summed E-state index contributed by atoms with van der Waals surface area (Å²) in [7, 11) is 0. The van der Waals surface area contributed by atoms with E-state index >= 15 is 0 Å². The fraction of sp³-hybridized carbons (Fsp3) is 0.615. The number of carboxylic acids is 1. The van der Waals surface area contributed by atoms with Crippen LogP contribution in [0, 0.1) is 0 Å². The Morgan fingerprint density at radius 2 is 2.30 bits per heavy atom. The van der Waals surface area contributed by atoms with Crippen LogP contribution in [-0.2, 0) is 0 Å². The van der Waals surface area contributed by atoms with Gasteiger partial charge in [-0.3, -0.25) is 0 Å². The average molecular weight is 297 g/mol. The van der Waals surface area contributed by atoms with Gasteiger partial charge in [-0.2, -0.15) is 0 Å². The van der Waals surface area contributed by atoms with Gasteiger partial charge in [-0.1, -0.05) is 0 Å². The number of carboxylic acid groups (broad SMARTS) is 1. The molecule has 0 spiro atoms. The minimum absolute atomic E-state index is 0.0254. The van der Waals surface area contributed by atoms with Gasteiger partial charge in [-0.15, -0.1) is 11.3 Å². The number of hydrogen-bond acceptors (Lipinski definition) is 4. The molecule has 2 heterocycles. The van der Waals surface area contributed by atoms with Crippen molar-refractivity contribution in [3.05, 3.63) is 16.1 Å². The molecule has 2 unspecified atom stereocenters. The van der Waals surface area contributed by atoms with Crippen LogP contribution >= 0.6 is 11.3 Å². The fourth-order valence-corrected chi connectivity index (χ4v) is 3.11. The number of piperidine rings is 1. The predicted molar refractivity (Wildman–Crippen MR) is 76.0 cm³/mol. The monoisotopic (exact) mass is 297 g/mol. The van der Waals surface area contributed by atoms with Crippen LogP contribution in [0.3, 0.4) is 0 Å². The summed E-state index contributed by atoms with van der Waals surface area (Å²) in [5.74, 6) is -1.05. The standard InChI is InChI=1S/C13H19N3O3S/c1-8-5-3-4-6-16(8)13(19)14-9(2)11-15-10(7-20-11)12(17)18/h7-9H,3-6H2,1-2H3,(H,14,19)(H,17,18). The number of urea groups is 1. The van der Waals surface area contributed by atoms with E-state index in [-0.39, 0.29) is 23.8 Å². The molecule has 0 saturated carbocycles. The number of carbonyl (C=O) groups excluding carboxylic acids is 1. The molecule has 1 fully saturated rings. The van der Waals surface area contributed by atoms with E-state index in [4.69, 9.17) is 5.11 Å². The van der Waals surface area contributed by atoms with Crippen molar-refractivity contribution >= 4 is 23.3 Å². The molecule has 20 heavy (non-hydrogen) atoms. The van der Waals surface area contributed by atoms with Crippen molar-refractivity contribution in [3.63, 3.8) is 0 Å². The Labute approximate surface area is 121 Å². The number of nitrogens with one attached hydrogen (secondary N) is 1. The third-order valence-corrected chi connectivity index (χ3v) is 4.54. The Balaban J connectivity index is 1.97. The first-order chi connectivity index (χ1) is 9.49. The first-order valence-electron chi connectivity index (χ1n) is 6.75. The second-order valence-electron chi connectivity index (χ2n) is 5.09. The molecule has 2 rings (SSSR count). The third-order valence-electron chi connectivity index (χ3n) is 3.52. The van der Waals surface area contributed by atoms with Gasteiger partial charge in [0.15, 0.2) is 5.69 Å². The highest BCUT2D eigenvalue weighted by atomic mass is 32.1. The van der Waals surface area contributed by atoms with E-state index in [1.807, 2.05) is 11.8 Å². The summed E-state index contributed by atoms with van der Waals surface area (Å²) in [5, 5.41) is 13.8. The van der Waals surface area contributed by atoms with Crippen LogP contribution in [0.15, 0.2) is 5.38 Å². The molecular formula is C13H19N3O3S. The molecule has 1 saturated heterocycles. The van der Waals surface area contributed by atoms with E-state index in [1.54, 1.807) is 0 Å². The van der Waals surface area contributed by atoms with Crippen LogP contribution < -0.4 is 5.32 Å². The molecule has 6 nitrogen and oxygen atoms in total. The SMILES string of the molecule is CC(NC(=O)N1CCCCC1C)c1nc(C(=O)O)cs1. The maximum Gasteiger partial charge on any atom is 0.355 e. The molecule has 1 aromatic rings. The molecule has 0 bridgehead atoms. The number of amides is 2. The summed E-state index contributed by atoms with van der Waals surface area (Å²) in [6, 6.07) is -0.131. The molecule has 1 aliphatic heterocycles. The Morgan fingerprint density at radius 3 is 2.90 bits per heavy atom. The molecule has 1 aliphatic rings. The topological polar surface area (TPSA) is 82.5 Å². The van der Waals surface area contributed by atoms with Crippen molar-refractivity contribution in [1.29, 1.82) is 0 Å². The minimum Gasteiger partial charge on any atom is -0.476 e. The molecule has 1 aromatic heterocycles. The number of hydrogen-bond donors (Lipinski definition) is 2. The lowest BCUT2D eigenvalue weighted by Crippen LogP contribution is -2.48. The Morgan fingerprint density at radius 1 is 1.55 bits per heavy atom. The molecule has 110 valence electrons. The second kappa shape index (κ2) is 6.21. The smallest absolute Gasteiger partial charge is 0.355 e. The van der Waals surface area contributed by atoms with E-state index in [2.05, 4.69) is 17.2 Å². The van der Waals surface area contributed by atoms with Crippen molar-refractivity contribution in [2.75, 3.05) is 6.54 Å². The van der Waals surface area contributed by atoms with E-state index in [0.29, 0.717) is 5.01 Å². The number of aromatic carboxylic acids is 1. The number of likely N-dealkylation sites (tertiary alicyclic amines) is 1. The van der Waals surface area contributed by atoms with Gasteiger partial charge in [-0.05, 0) is 33.1 Å². The average Bonchev–Trinajstić information content (AvgIpc) is 2.88. The molecule has 0 aliphatic carbocycles. The van der Waals surface area contributed by atoms with E-state index in [0.717, 1.165) is 25.8 Å². The zero-order valence-electron chi connectivity index (χ0n) is 11.6. The Hall–Kier alpha value is -1.63. The highest BCUT2D eigenvalue weighted by molar-refractivity contribution is 7.09. The third kappa shape index (κ3) is 3.27. The molecule has 7 heteroatoms. The van der Waals surface area contributed by atoms with Gasteiger partial charge >= 0.3 is 12.0 Å². The molecule has 0 aromatic carbocycles. The zero-order valence-corrected chi connectivity index (χ0v) is 12.4. The summed E-state index contributed by atoms with van der Waals surface area (Å²) >= 11 is 1.25. The zero-order chi connectivity index (χ0) is 14.7. The van der Waals surface area contributed by atoms with E-state index in [9.17, 15) is 9.59 Å². The van der Waals surface area contributed by atoms with Crippen molar-refractivity contribution < 1.29 is 14.7 Å². The number of carbonyl (C=O) groups is 2. The van der Waals surface area contributed by atoms with Crippen LogP contribution in [0.1, 0.15) is 54.6 Å². The van der Waals surface area contributed by atoms with E-state index < -0.39 is 5.97 Å². The number of rotatable bonds is 3. The van der Waals surface area contributed by atoms with Crippen LogP contribution in [0.25, 0.3) is 0 Å². The molecule has 2 N–H and O–H groups in total. The maximum absolute atomic E-state index is 12.2. The lowest BCUT2D eigenvalue weighted by Gasteiger charge is -2.34. The first kappa shape index (κ1) is 14.8. The number of nitrogens with zero attached hydrogens (tertiary/aromatic N) is 2. The van der Waals surface area contributed by atoms with Gasteiger partial charge in [0.25, 0.3) is 0 Å². The molecule has 2 amide bonds. The van der Waals surface area contributed by atoms with Crippen LogP contribution in [-0.4, -0.2) is 39.6 Å². The van der Waals surface area contributed by atoms with Gasteiger partial charge in [0.1, 0.15) is 5.01 Å². The lowest BCUT2D eigenvalue weighted by atomic mass is 10.0. The van der Waals surface area contributed by atoms with E-state index in [1.165, 1.54) is 16.7 Å². The number of thiazole rings is 1.